The minimum absolute atomic E-state index is 0.0905. The van der Waals surface area contributed by atoms with Crippen LogP contribution in [-0.4, -0.2) is 53.7 Å². The molecule has 7 rings (SSSR count). The van der Waals surface area contributed by atoms with E-state index in [-0.39, 0.29) is 19.8 Å². The van der Waals surface area contributed by atoms with Crippen molar-refractivity contribution in [3.8, 4) is 5.75 Å². The van der Waals surface area contributed by atoms with Crippen molar-refractivity contribution in [3.05, 3.63) is 144 Å². The first-order chi connectivity index (χ1) is 23.0. The lowest BCUT2D eigenvalue weighted by molar-refractivity contribution is -0.180. The molecule has 47 heavy (non-hydrogen) atoms. The summed E-state index contributed by atoms with van der Waals surface area (Å²) in [5.74, 6) is -2.45. The smallest absolute Gasteiger partial charge is 0.325 e. The van der Waals surface area contributed by atoms with Crippen molar-refractivity contribution in [2.24, 2.45) is 5.92 Å². The number of cyclic esters (lactones) is 1. The number of carbonyl (C=O) groups is 3. The van der Waals surface area contributed by atoms with Crippen molar-refractivity contribution in [1.82, 2.24) is 4.90 Å². The molecule has 9 nitrogen and oxygen atoms in total. The number of benzene rings is 4. The number of para-hydroxylation sites is 1. The summed E-state index contributed by atoms with van der Waals surface area (Å²) in [6.45, 7) is 3.58. The first-order valence-electron chi connectivity index (χ1n) is 15.6. The molecule has 0 radical (unpaired) electrons. The summed E-state index contributed by atoms with van der Waals surface area (Å²) in [6.07, 6.45) is 0.705. The fraction of sp³-hybridized carbons (Fsp3) is 0.237. The van der Waals surface area contributed by atoms with Crippen LogP contribution in [0.3, 0.4) is 0 Å². The van der Waals surface area contributed by atoms with E-state index in [1.807, 2.05) is 95.9 Å². The van der Waals surface area contributed by atoms with E-state index in [1.165, 1.54) is 6.08 Å². The molecule has 2 saturated heterocycles. The molecule has 3 aliphatic rings. The Kier molecular flexibility index (Phi) is 8.09. The number of anilines is 1. The SMILES string of the molecule is C=CCOC(=O)[C@H]1[C@@H]2C(=O)O[C@@H](c3ccccc3)[C@@H](c3ccccc3)N2[C@@H](c2ccc(OCCO)cc2)[C@]12C(=O)Nc1ccccc12. The van der Waals surface area contributed by atoms with Crippen LogP contribution in [0.15, 0.2) is 122 Å². The van der Waals surface area contributed by atoms with Crippen molar-refractivity contribution < 1.29 is 33.7 Å². The van der Waals surface area contributed by atoms with Gasteiger partial charge in [0.2, 0.25) is 5.91 Å². The maximum atomic E-state index is 14.7. The monoisotopic (exact) mass is 630 g/mol. The number of rotatable bonds is 9. The van der Waals surface area contributed by atoms with E-state index in [0.29, 0.717) is 22.6 Å². The molecular formula is C38H34N2O7. The molecule has 1 amide bonds. The van der Waals surface area contributed by atoms with Crippen LogP contribution in [0.25, 0.3) is 0 Å². The number of aliphatic hydroxyl groups is 1. The summed E-state index contributed by atoms with van der Waals surface area (Å²) in [5.41, 5.74) is 1.92. The van der Waals surface area contributed by atoms with Gasteiger partial charge in [0.05, 0.1) is 18.7 Å². The number of ether oxygens (including phenoxy) is 3. The number of esters is 2. The number of aliphatic hydroxyl groups excluding tert-OH is 1. The lowest BCUT2D eigenvalue weighted by Crippen LogP contribution is -2.52. The molecular weight excluding hydrogens is 596 g/mol. The van der Waals surface area contributed by atoms with Crippen molar-refractivity contribution in [1.29, 1.82) is 0 Å². The van der Waals surface area contributed by atoms with Crippen molar-refractivity contribution in [2.75, 3.05) is 25.1 Å². The maximum absolute atomic E-state index is 14.7. The van der Waals surface area contributed by atoms with Crippen molar-refractivity contribution in [3.63, 3.8) is 0 Å². The Morgan fingerprint density at radius 1 is 0.872 bits per heavy atom. The van der Waals surface area contributed by atoms with Gasteiger partial charge in [0.25, 0.3) is 0 Å². The van der Waals surface area contributed by atoms with Crippen LogP contribution in [0.5, 0.6) is 5.75 Å². The van der Waals surface area contributed by atoms with Crippen molar-refractivity contribution >= 4 is 23.5 Å². The van der Waals surface area contributed by atoms with Gasteiger partial charge in [-0.2, -0.15) is 0 Å². The third kappa shape index (κ3) is 4.90. The van der Waals surface area contributed by atoms with Gasteiger partial charge in [-0.3, -0.25) is 19.3 Å². The highest BCUT2D eigenvalue weighted by atomic mass is 16.6. The zero-order valence-corrected chi connectivity index (χ0v) is 25.5. The van der Waals surface area contributed by atoms with Crippen molar-refractivity contribution in [2.45, 2.75) is 29.6 Å². The summed E-state index contributed by atoms with van der Waals surface area (Å²) in [7, 11) is 0. The Balaban J connectivity index is 1.52. The molecule has 0 unspecified atom stereocenters. The molecule has 6 atom stereocenters. The second-order valence-corrected chi connectivity index (χ2v) is 11.8. The molecule has 3 aliphatic heterocycles. The largest absolute Gasteiger partial charge is 0.491 e. The molecule has 2 N–H and O–H groups in total. The number of amides is 1. The average molecular weight is 631 g/mol. The highest BCUT2D eigenvalue weighted by Crippen LogP contribution is 2.64. The Morgan fingerprint density at radius 3 is 2.21 bits per heavy atom. The summed E-state index contributed by atoms with van der Waals surface area (Å²) in [5, 5.41) is 12.3. The molecule has 0 aliphatic carbocycles. The first kappa shape index (κ1) is 30.4. The van der Waals surface area contributed by atoms with E-state index in [9.17, 15) is 19.5 Å². The minimum atomic E-state index is -1.58. The Labute approximate surface area is 272 Å². The van der Waals surface area contributed by atoms with Crippen LogP contribution in [-0.2, 0) is 29.3 Å². The van der Waals surface area contributed by atoms with E-state index in [0.717, 1.165) is 11.1 Å². The highest BCUT2D eigenvalue weighted by molar-refractivity contribution is 6.11. The average Bonchev–Trinajstić information content (AvgIpc) is 3.59. The van der Waals surface area contributed by atoms with Gasteiger partial charge in [0.1, 0.15) is 42.4 Å². The molecule has 0 bridgehead atoms. The molecule has 9 heteroatoms. The van der Waals surface area contributed by atoms with Gasteiger partial charge in [-0.05, 0) is 40.5 Å². The number of nitrogens with zero attached hydrogens (tertiary/aromatic N) is 1. The van der Waals surface area contributed by atoms with E-state index in [2.05, 4.69) is 11.9 Å². The van der Waals surface area contributed by atoms with Crippen LogP contribution in [0.1, 0.15) is 40.4 Å². The van der Waals surface area contributed by atoms with E-state index in [4.69, 9.17) is 14.2 Å². The second kappa shape index (κ2) is 12.5. The van der Waals surface area contributed by atoms with E-state index in [1.54, 1.807) is 18.2 Å². The Hall–Kier alpha value is -5.25. The van der Waals surface area contributed by atoms with E-state index >= 15 is 0 Å². The zero-order chi connectivity index (χ0) is 32.5. The Bertz CT molecular complexity index is 1800. The normalized spacial score (nSPS) is 26.2. The molecule has 1 spiro atoms. The maximum Gasteiger partial charge on any atom is 0.325 e. The molecule has 238 valence electrons. The molecule has 0 aromatic heterocycles. The molecule has 0 saturated carbocycles. The van der Waals surface area contributed by atoms with Gasteiger partial charge >= 0.3 is 11.9 Å². The summed E-state index contributed by atoms with van der Waals surface area (Å²) < 4.78 is 17.7. The van der Waals surface area contributed by atoms with Crippen LogP contribution < -0.4 is 10.1 Å². The lowest BCUT2D eigenvalue weighted by Gasteiger charge is -2.46. The highest BCUT2D eigenvalue weighted by Gasteiger charge is 2.74. The summed E-state index contributed by atoms with van der Waals surface area (Å²) >= 11 is 0. The predicted octanol–water partition coefficient (Wildman–Crippen LogP) is 5.06. The molecule has 4 aromatic carbocycles. The summed E-state index contributed by atoms with van der Waals surface area (Å²) in [6, 6.07) is 31.1. The van der Waals surface area contributed by atoms with Gasteiger partial charge in [-0.15, -0.1) is 0 Å². The van der Waals surface area contributed by atoms with Gasteiger partial charge in [0.15, 0.2) is 0 Å². The molecule has 2 fully saturated rings. The van der Waals surface area contributed by atoms with Gasteiger partial charge in [-0.1, -0.05) is 104 Å². The number of morpholine rings is 1. The fourth-order valence-electron chi connectivity index (χ4n) is 7.66. The van der Waals surface area contributed by atoms with Crippen LogP contribution in [0, 0.1) is 5.92 Å². The van der Waals surface area contributed by atoms with Gasteiger partial charge in [-0.25, -0.2) is 0 Å². The van der Waals surface area contributed by atoms with Gasteiger partial charge in [0, 0.05) is 5.69 Å². The molecule has 4 aromatic rings. The molecule has 3 heterocycles. The number of hydrogen-bond acceptors (Lipinski definition) is 8. The predicted molar refractivity (Wildman–Crippen MR) is 173 cm³/mol. The number of nitrogens with one attached hydrogen (secondary N) is 1. The second-order valence-electron chi connectivity index (χ2n) is 11.8. The third-order valence-corrected chi connectivity index (χ3v) is 9.37. The fourth-order valence-corrected chi connectivity index (χ4v) is 7.66. The number of fused-ring (bicyclic) bond motifs is 3. The third-order valence-electron chi connectivity index (χ3n) is 9.37. The van der Waals surface area contributed by atoms with Crippen LogP contribution in [0.2, 0.25) is 0 Å². The number of carbonyl (C=O) groups excluding carboxylic acids is 3. The first-order valence-corrected chi connectivity index (χ1v) is 15.6. The topological polar surface area (TPSA) is 114 Å². The number of hydrogen-bond donors (Lipinski definition) is 2. The lowest BCUT2D eigenvalue weighted by atomic mass is 9.65. The van der Waals surface area contributed by atoms with Gasteiger partial charge < -0.3 is 24.6 Å². The quantitative estimate of drug-likeness (QED) is 0.195. The summed E-state index contributed by atoms with van der Waals surface area (Å²) in [4.78, 5) is 45.5. The zero-order valence-electron chi connectivity index (χ0n) is 25.5. The van der Waals surface area contributed by atoms with E-state index < -0.39 is 53.4 Å². The van der Waals surface area contributed by atoms with Crippen LogP contribution in [0.4, 0.5) is 5.69 Å². The minimum Gasteiger partial charge on any atom is -0.491 e. The van der Waals surface area contributed by atoms with Crippen LogP contribution >= 0.6 is 0 Å². The Morgan fingerprint density at radius 2 is 1.53 bits per heavy atom. The standard InChI is InChI=1S/C38H34N2O7/c1-2-22-46-35(42)30-32-36(43)47-33(25-13-7-4-8-14-25)31(24-11-5-3-6-12-24)40(32)34(26-17-19-27(20-18-26)45-23-21-41)38(30)28-15-9-10-16-29(28)39-37(38)44/h2-20,30-34,41H,1,21-23H2,(H,39,44)/t30-,31-,32-,33+,34+,38-/m1/s1.